The van der Waals surface area contributed by atoms with Crippen molar-refractivity contribution in [2.75, 3.05) is 0 Å². The number of aryl methyl sites for hydroxylation is 1. The molecule has 2 aromatic carbocycles. The molecule has 2 aliphatic rings. The Morgan fingerprint density at radius 3 is 2.10 bits per heavy atom. The van der Waals surface area contributed by atoms with E-state index in [1.54, 1.807) is 0 Å². The lowest BCUT2D eigenvalue weighted by molar-refractivity contribution is 0.154. The minimum atomic E-state index is 0.0181. The van der Waals surface area contributed by atoms with E-state index in [1.165, 1.54) is 68.9 Å². The van der Waals surface area contributed by atoms with Crippen molar-refractivity contribution < 1.29 is 4.39 Å². The van der Waals surface area contributed by atoms with Gasteiger partial charge in [-0.3, -0.25) is 0 Å². The highest BCUT2D eigenvalue weighted by Gasteiger charge is 2.31. The molecule has 31 heavy (non-hydrogen) atoms. The van der Waals surface area contributed by atoms with Gasteiger partial charge in [0.25, 0.3) is 0 Å². The first-order valence-corrected chi connectivity index (χ1v) is 13.0. The highest BCUT2D eigenvalue weighted by molar-refractivity contribution is 5.27. The van der Waals surface area contributed by atoms with Crippen LogP contribution in [0, 0.1) is 23.6 Å². The molecule has 2 aromatic rings. The minimum absolute atomic E-state index is 0.0181. The Bertz CT molecular complexity index is 794. The van der Waals surface area contributed by atoms with Gasteiger partial charge in [0.1, 0.15) is 5.82 Å². The summed E-state index contributed by atoms with van der Waals surface area (Å²) in [5.74, 6) is 4.03. The van der Waals surface area contributed by atoms with E-state index in [-0.39, 0.29) is 5.82 Å². The lowest BCUT2D eigenvalue weighted by Crippen LogP contribution is -2.26. The topological polar surface area (TPSA) is 0 Å². The maximum absolute atomic E-state index is 14.4. The molecule has 0 heterocycles. The molecule has 0 saturated heterocycles. The summed E-state index contributed by atoms with van der Waals surface area (Å²) in [6, 6.07) is 17.1. The summed E-state index contributed by atoms with van der Waals surface area (Å²) < 4.78 is 14.4. The molecule has 168 valence electrons. The van der Waals surface area contributed by atoms with Crippen molar-refractivity contribution in [3.8, 4) is 0 Å². The molecule has 0 amide bonds. The fourth-order valence-electron chi connectivity index (χ4n) is 6.53. The number of rotatable bonds is 7. The first kappa shape index (κ1) is 22.6. The van der Waals surface area contributed by atoms with Gasteiger partial charge in [0, 0.05) is 0 Å². The number of halogens is 1. The van der Waals surface area contributed by atoms with E-state index in [2.05, 4.69) is 50.2 Å². The lowest BCUT2D eigenvalue weighted by Gasteiger charge is -2.38. The van der Waals surface area contributed by atoms with Crippen LogP contribution in [0.2, 0.25) is 0 Å². The largest absolute Gasteiger partial charge is 0.207 e. The lowest BCUT2D eigenvalue weighted by atomic mass is 9.67. The Balaban J connectivity index is 1.23. The van der Waals surface area contributed by atoms with E-state index in [9.17, 15) is 4.39 Å². The van der Waals surface area contributed by atoms with Gasteiger partial charge in [0.2, 0.25) is 0 Å². The Morgan fingerprint density at radius 2 is 1.48 bits per heavy atom. The van der Waals surface area contributed by atoms with Crippen molar-refractivity contribution >= 4 is 0 Å². The number of benzene rings is 2. The fraction of sp³-hybridized carbons (Fsp3) is 0.600. The number of hydrogen-bond donors (Lipinski definition) is 0. The van der Waals surface area contributed by atoms with Crippen molar-refractivity contribution in [3.63, 3.8) is 0 Å². The third-order valence-corrected chi connectivity index (χ3v) is 8.45. The van der Waals surface area contributed by atoms with Crippen molar-refractivity contribution in [3.05, 3.63) is 71.0 Å². The highest BCUT2D eigenvalue weighted by atomic mass is 19.1. The summed E-state index contributed by atoms with van der Waals surface area (Å²) >= 11 is 0. The third kappa shape index (κ3) is 5.79. The van der Waals surface area contributed by atoms with Gasteiger partial charge in [0.15, 0.2) is 0 Å². The van der Waals surface area contributed by atoms with Crippen molar-refractivity contribution in [1.29, 1.82) is 0 Å². The number of hydrogen-bond acceptors (Lipinski definition) is 0. The molecule has 1 atom stereocenters. The molecule has 2 saturated carbocycles. The first-order valence-electron chi connectivity index (χ1n) is 13.0. The smallest absolute Gasteiger partial charge is 0.126 e. The minimum Gasteiger partial charge on any atom is -0.207 e. The zero-order chi connectivity index (χ0) is 21.6. The van der Waals surface area contributed by atoms with Gasteiger partial charge in [-0.1, -0.05) is 75.6 Å². The van der Waals surface area contributed by atoms with Crippen molar-refractivity contribution in [1.82, 2.24) is 0 Å². The molecule has 0 nitrogen and oxygen atoms in total. The van der Waals surface area contributed by atoms with Crippen molar-refractivity contribution in [2.24, 2.45) is 17.8 Å². The average molecular weight is 421 g/mol. The predicted octanol–water partition coefficient (Wildman–Crippen LogP) is 9.05. The molecule has 0 aliphatic heterocycles. The Kier molecular flexibility index (Phi) is 7.86. The van der Waals surface area contributed by atoms with Crippen LogP contribution in [0.3, 0.4) is 0 Å². The van der Waals surface area contributed by atoms with E-state index in [0.717, 1.165) is 36.2 Å². The first-order chi connectivity index (χ1) is 15.1. The molecular formula is C30H41F. The van der Waals surface area contributed by atoms with Gasteiger partial charge < -0.3 is 0 Å². The van der Waals surface area contributed by atoms with Crippen LogP contribution in [0.25, 0.3) is 0 Å². The monoisotopic (exact) mass is 420 g/mol. The summed E-state index contributed by atoms with van der Waals surface area (Å²) in [7, 11) is 0. The van der Waals surface area contributed by atoms with Gasteiger partial charge >= 0.3 is 0 Å². The van der Waals surface area contributed by atoms with Gasteiger partial charge in [-0.2, -0.15) is 0 Å². The predicted molar refractivity (Wildman–Crippen MR) is 130 cm³/mol. The van der Waals surface area contributed by atoms with Gasteiger partial charge in [-0.15, -0.1) is 0 Å². The van der Waals surface area contributed by atoms with Crippen LogP contribution < -0.4 is 0 Å². The highest BCUT2D eigenvalue weighted by Crippen LogP contribution is 2.45. The molecule has 0 unspecified atom stereocenters. The summed E-state index contributed by atoms with van der Waals surface area (Å²) in [4.78, 5) is 0. The molecule has 2 aliphatic carbocycles. The van der Waals surface area contributed by atoms with Crippen LogP contribution in [0.1, 0.15) is 107 Å². The quantitative estimate of drug-likeness (QED) is 0.419. The zero-order valence-electron chi connectivity index (χ0n) is 19.7. The third-order valence-electron chi connectivity index (χ3n) is 8.45. The molecule has 0 N–H and O–H groups in total. The van der Waals surface area contributed by atoms with Crippen LogP contribution in [0.4, 0.5) is 4.39 Å². The van der Waals surface area contributed by atoms with Gasteiger partial charge in [-0.05, 0) is 104 Å². The Morgan fingerprint density at radius 1 is 0.839 bits per heavy atom. The SMILES string of the molecule is CCCc1ccc(C2CCC(C3CCC(C[C@H](C)c4ccccc4)CC3)CC2)cc1F. The maximum atomic E-state index is 14.4. The second kappa shape index (κ2) is 10.8. The molecule has 1 heteroatoms. The summed E-state index contributed by atoms with van der Waals surface area (Å²) in [5, 5.41) is 0. The van der Waals surface area contributed by atoms with E-state index in [0.29, 0.717) is 11.8 Å². The normalized spacial score (nSPS) is 27.7. The summed E-state index contributed by atoms with van der Waals surface area (Å²) in [5.41, 5.74) is 3.63. The van der Waals surface area contributed by atoms with Crippen LogP contribution in [-0.2, 0) is 6.42 Å². The van der Waals surface area contributed by atoms with Gasteiger partial charge in [-0.25, -0.2) is 4.39 Å². The standard InChI is InChI=1S/C30H41F/c1-3-7-28-18-19-29(21-30(28)31)27-16-14-26(15-17-27)25-12-10-23(11-13-25)20-22(2)24-8-5-4-6-9-24/h4-6,8-9,18-19,21-23,25-27H,3,7,10-17,20H2,1-2H3/t22-,23?,25?,26?,27?/m0/s1. The van der Waals surface area contributed by atoms with Crippen LogP contribution in [0.5, 0.6) is 0 Å². The molecule has 4 rings (SSSR count). The second-order valence-electron chi connectivity index (χ2n) is 10.5. The second-order valence-corrected chi connectivity index (χ2v) is 10.5. The average Bonchev–Trinajstić information content (AvgIpc) is 2.82. The van der Waals surface area contributed by atoms with Crippen LogP contribution in [0.15, 0.2) is 48.5 Å². The van der Waals surface area contributed by atoms with E-state index in [1.807, 2.05) is 12.1 Å². The molecule has 0 radical (unpaired) electrons. The summed E-state index contributed by atoms with van der Waals surface area (Å²) in [6.45, 7) is 4.52. The molecule has 0 spiro atoms. The van der Waals surface area contributed by atoms with E-state index in [4.69, 9.17) is 0 Å². The molecular weight excluding hydrogens is 379 g/mol. The fourth-order valence-corrected chi connectivity index (χ4v) is 6.53. The summed E-state index contributed by atoms with van der Waals surface area (Å²) in [6.07, 6.45) is 14.1. The maximum Gasteiger partial charge on any atom is 0.126 e. The molecule has 0 aromatic heterocycles. The molecule has 0 bridgehead atoms. The Hall–Kier alpha value is -1.63. The van der Waals surface area contributed by atoms with Gasteiger partial charge in [0.05, 0.1) is 0 Å². The zero-order valence-corrected chi connectivity index (χ0v) is 19.7. The van der Waals surface area contributed by atoms with Crippen LogP contribution in [-0.4, -0.2) is 0 Å². The molecule has 2 fully saturated rings. The van der Waals surface area contributed by atoms with Crippen molar-refractivity contribution in [2.45, 2.75) is 96.3 Å². The van der Waals surface area contributed by atoms with E-state index < -0.39 is 0 Å². The Labute approximate surface area is 189 Å². The van der Waals surface area contributed by atoms with Crippen LogP contribution >= 0.6 is 0 Å². The van der Waals surface area contributed by atoms with E-state index >= 15 is 0 Å².